The van der Waals surface area contributed by atoms with Crippen molar-refractivity contribution in [3.63, 3.8) is 0 Å². The van der Waals surface area contributed by atoms with Crippen LogP contribution in [-0.2, 0) is 11.2 Å². The maximum atomic E-state index is 11.1. The average Bonchev–Trinajstić information content (AvgIpc) is 2.81. The number of benzene rings is 2. The molecule has 2 aromatic carbocycles. The molecule has 0 saturated heterocycles. The summed E-state index contributed by atoms with van der Waals surface area (Å²) in [6.07, 6.45) is 0.486. The van der Waals surface area contributed by atoms with Gasteiger partial charge in [-0.3, -0.25) is 4.79 Å². The molecule has 20 heavy (non-hydrogen) atoms. The number of carbonyl (C=O) groups excluding carboxylic acids is 1. The minimum Gasteiger partial charge on any atom is -0.456 e. The summed E-state index contributed by atoms with van der Waals surface area (Å²) in [6.45, 7) is 3.68. The minimum absolute atomic E-state index is 0.178. The Kier molecular flexibility index (Phi) is 3.15. The zero-order valence-corrected chi connectivity index (χ0v) is 11.6. The van der Waals surface area contributed by atoms with Crippen LogP contribution in [0.5, 0.6) is 0 Å². The first-order valence-corrected chi connectivity index (χ1v) is 6.71. The minimum atomic E-state index is 0.178. The second-order valence-electron chi connectivity index (χ2n) is 5.23. The van der Waals surface area contributed by atoms with E-state index in [0.717, 1.165) is 27.9 Å². The molecule has 0 atom stereocenters. The number of aryl methyl sites for hydroxylation is 1. The third-order valence-electron chi connectivity index (χ3n) is 3.36. The number of hydrogen-bond donors (Lipinski definition) is 0. The second kappa shape index (κ2) is 4.97. The molecule has 0 aliphatic rings. The summed E-state index contributed by atoms with van der Waals surface area (Å²) >= 11 is 0. The number of furan rings is 1. The SMILES string of the molecule is CC(=O)Cc1ccc(-c2cc3cc(C)ccc3o2)cc1. The zero-order chi connectivity index (χ0) is 14.1. The molecule has 2 nitrogen and oxygen atoms in total. The van der Waals surface area contributed by atoms with Gasteiger partial charge in [-0.05, 0) is 37.6 Å². The summed E-state index contributed by atoms with van der Waals surface area (Å²) in [4.78, 5) is 11.1. The molecule has 3 rings (SSSR count). The Morgan fingerprint density at radius 1 is 1.05 bits per heavy atom. The van der Waals surface area contributed by atoms with Gasteiger partial charge in [0.25, 0.3) is 0 Å². The van der Waals surface area contributed by atoms with Crippen LogP contribution in [0.2, 0.25) is 0 Å². The van der Waals surface area contributed by atoms with E-state index in [2.05, 4.69) is 19.1 Å². The van der Waals surface area contributed by atoms with E-state index in [1.54, 1.807) is 6.92 Å². The second-order valence-corrected chi connectivity index (χ2v) is 5.23. The van der Waals surface area contributed by atoms with Crippen LogP contribution in [0.1, 0.15) is 18.1 Å². The first-order valence-electron chi connectivity index (χ1n) is 6.71. The summed E-state index contributed by atoms with van der Waals surface area (Å²) in [5.74, 6) is 1.04. The van der Waals surface area contributed by atoms with Crippen molar-refractivity contribution in [1.82, 2.24) is 0 Å². The van der Waals surface area contributed by atoms with Crippen molar-refractivity contribution >= 4 is 16.8 Å². The fourth-order valence-corrected chi connectivity index (χ4v) is 2.38. The van der Waals surface area contributed by atoms with E-state index in [0.29, 0.717) is 6.42 Å². The number of Topliss-reactive ketones (excluding diaryl/α,β-unsaturated/α-hetero) is 1. The van der Waals surface area contributed by atoms with Gasteiger partial charge >= 0.3 is 0 Å². The van der Waals surface area contributed by atoms with Crippen molar-refractivity contribution < 1.29 is 9.21 Å². The van der Waals surface area contributed by atoms with E-state index in [1.807, 2.05) is 36.4 Å². The van der Waals surface area contributed by atoms with Gasteiger partial charge in [-0.1, -0.05) is 35.9 Å². The third kappa shape index (κ3) is 2.50. The number of fused-ring (bicyclic) bond motifs is 1. The lowest BCUT2D eigenvalue weighted by atomic mass is 10.1. The number of carbonyl (C=O) groups is 1. The Hall–Kier alpha value is -2.35. The lowest BCUT2D eigenvalue weighted by Crippen LogP contribution is -1.95. The first kappa shape index (κ1) is 12.7. The topological polar surface area (TPSA) is 30.2 Å². The molecule has 1 heterocycles. The first-order chi connectivity index (χ1) is 9.61. The van der Waals surface area contributed by atoms with Crippen molar-refractivity contribution in [2.24, 2.45) is 0 Å². The van der Waals surface area contributed by atoms with Gasteiger partial charge in [-0.25, -0.2) is 0 Å². The van der Waals surface area contributed by atoms with Crippen LogP contribution < -0.4 is 0 Å². The van der Waals surface area contributed by atoms with E-state index in [9.17, 15) is 4.79 Å². The van der Waals surface area contributed by atoms with E-state index < -0.39 is 0 Å². The smallest absolute Gasteiger partial charge is 0.135 e. The van der Waals surface area contributed by atoms with Crippen LogP contribution in [0.15, 0.2) is 52.9 Å². The molecule has 2 heteroatoms. The van der Waals surface area contributed by atoms with E-state index >= 15 is 0 Å². The Morgan fingerprint density at radius 2 is 1.80 bits per heavy atom. The molecule has 100 valence electrons. The standard InChI is InChI=1S/C18H16O2/c1-12-3-8-17-16(9-12)11-18(20-17)15-6-4-14(5-7-15)10-13(2)19/h3-9,11H,10H2,1-2H3. The summed E-state index contributed by atoms with van der Waals surface area (Å²) in [6, 6.07) is 16.2. The summed E-state index contributed by atoms with van der Waals surface area (Å²) in [7, 11) is 0. The van der Waals surface area contributed by atoms with Crippen LogP contribution in [0.3, 0.4) is 0 Å². The molecule has 0 fully saturated rings. The Balaban J connectivity index is 1.96. The Bertz CT molecular complexity index is 764. The predicted molar refractivity (Wildman–Crippen MR) is 80.8 cm³/mol. The molecular weight excluding hydrogens is 248 g/mol. The van der Waals surface area contributed by atoms with Crippen LogP contribution in [0.25, 0.3) is 22.3 Å². The van der Waals surface area contributed by atoms with Gasteiger partial charge in [-0.2, -0.15) is 0 Å². The van der Waals surface area contributed by atoms with Gasteiger partial charge < -0.3 is 4.42 Å². The predicted octanol–water partition coefficient (Wildman–Crippen LogP) is 4.54. The van der Waals surface area contributed by atoms with Crippen molar-refractivity contribution in [3.8, 4) is 11.3 Å². The largest absolute Gasteiger partial charge is 0.456 e. The summed E-state index contributed by atoms with van der Waals surface area (Å²) < 4.78 is 5.86. The van der Waals surface area contributed by atoms with Crippen LogP contribution in [-0.4, -0.2) is 5.78 Å². The molecule has 0 radical (unpaired) electrons. The highest BCUT2D eigenvalue weighted by Crippen LogP contribution is 2.28. The molecule has 0 aliphatic carbocycles. The zero-order valence-electron chi connectivity index (χ0n) is 11.6. The highest BCUT2D eigenvalue weighted by molar-refractivity contribution is 5.83. The molecule has 0 bridgehead atoms. The van der Waals surface area contributed by atoms with Crippen molar-refractivity contribution in [3.05, 3.63) is 59.7 Å². The van der Waals surface area contributed by atoms with Crippen LogP contribution in [0, 0.1) is 6.92 Å². The highest BCUT2D eigenvalue weighted by atomic mass is 16.3. The van der Waals surface area contributed by atoms with E-state index in [4.69, 9.17) is 4.42 Å². The lowest BCUT2D eigenvalue weighted by Gasteiger charge is -2.00. The van der Waals surface area contributed by atoms with Gasteiger partial charge in [-0.15, -0.1) is 0 Å². The van der Waals surface area contributed by atoms with Crippen molar-refractivity contribution in [2.75, 3.05) is 0 Å². The molecule has 0 aliphatic heterocycles. The highest BCUT2D eigenvalue weighted by Gasteiger charge is 2.06. The fourth-order valence-electron chi connectivity index (χ4n) is 2.38. The Morgan fingerprint density at radius 3 is 2.50 bits per heavy atom. The lowest BCUT2D eigenvalue weighted by molar-refractivity contribution is -0.116. The van der Waals surface area contributed by atoms with E-state index in [1.165, 1.54) is 5.56 Å². The number of hydrogen-bond acceptors (Lipinski definition) is 2. The molecule has 0 N–H and O–H groups in total. The van der Waals surface area contributed by atoms with E-state index in [-0.39, 0.29) is 5.78 Å². The van der Waals surface area contributed by atoms with Gasteiger partial charge in [0, 0.05) is 17.4 Å². The van der Waals surface area contributed by atoms with Crippen molar-refractivity contribution in [1.29, 1.82) is 0 Å². The quantitative estimate of drug-likeness (QED) is 0.695. The Labute approximate surface area is 118 Å². The molecule has 1 aromatic heterocycles. The fraction of sp³-hybridized carbons (Fsp3) is 0.167. The van der Waals surface area contributed by atoms with Crippen LogP contribution in [0.4, 0.5) is 0 Å². The molecule has 0 amide bonds. The molecular formula is C18H16O2. The summed E-state index contributed by atoms with van der Waals surface area (Å²) in [5, 5.41) is 1.12. The third-order valence-corrected chi connectivity index (χ3v) is 3.36. The maximum absolute atomic E-state index is 11.1. The monoisotopic (exact) mass is 264 g/mol. The molecule has 0 unspecified atom stereocenters. The van der Waals surface area contributed by atoms with Gasteiger partial charge in [0.15, 0.2) is 0 Å². The van der Waals surface area contributed by atoms with Gasteiger partial charge in [0.2, 0.25) is 0 Å². The van der Waals surface area contributed by atoms with Gasteiger partial charge in [0.05, 0.1) is 0 Å². The number of ketones is 1. The van der Waals surface area contributed by atoms with Crippen molar-refractivity contribution in [2.45, 2.75) is 20.3 Å². The summed E-state index contributed by atoms with van der Waals surface area (Å²) in [5.41, 5.74) is 4.19. The average molecular weight is 264 g/mol. The molecule has 0 spiro atoms. The molecule has 0 saturated carbocycles. The van der Waals surface area contributed by atoms with Gasteiger partial charge in [0.1, 0.15) is 17.1 Å². The normalized spacial score (nSPS) is 10.9. The van der Waals surface area contributed by atoms with Crippen LogP contribution >= 0.6 is 0 Å². The number of rotatable bonds is 3. The molecule has 3 aromatic rings. The maximum Gasteiger partial charge on any atom is 0.135 e.